The Balaban J connectivity index is 2.15. The predicted molar refractivity (Wildman–Crippen MR) is 64.2 cm³/mol. The number of hydrogen-bond donors (Lipinski definition) is 3. The number of aromatic nitrogens is 3. The fourth-order valence-corrected chi connectivity index (χ4v) is 2.45. The molecule has 0 aromatic carbocycles. The van der Waals surface area contributed by atoms with Gasteiger partial charge in [-0.2, -0.15) is 5.10 Å². The maximum Gasteiger partial charge on any atom is 0.264 e. The van der Waals surface area contributed by atoms with Crippen molar-refractivity contribution in [1.82, 2.24) is 15.2 Å². The maximum absolute atomic E-state index is 11.8. The summed E-state index contributed by atoms with van der Waals surface area (Å²) in [7, 11) is -3.54. The minimum absolute atomic E-state index is 0.192. The van der Waals surface area contributed by atoms with Crippen LogP contribution in [0.25, 0.3) is 0 Å². The first kappa shape index (κ1) is 11.7. The van der Waals surface area contributed by atoms with Crippen molar-refractivity contribution < 1.29 is 8.42 Å². The summed E-state index contributed by atoms with van der Waals surface area (Å²) in [6, 6.07) is 3.19. The molecule has 0 aliphatic heterocycles. The Morgan fingerprint density at radius 3 is 2.94 bits per heavy atom. The molecular weight excluding hydrogens is 240 g/mol. The van der Waals surface area contributed by atoms with E-state index in [1.54, 1.807) is 12.3 Å². The molecule has 7 heteroatoms. The van der Waals surface area contributed by atoms with Crippen molar-refractivity contribution in [2.75, 3.05) is 4.72 Å². The standard InChI is InChI=1S/C10H14N4O2S/c1-2-3-8-6-10(13-12-8)14-17(15,16)9-4-5-11-7-9/h4-7,11H,2-3H2,1H3,(H2,12,13,14). The molecule has 0 bridgehead atoms. The number of anilines is 1. The zero-order chi connectivity index (χ0) is 12.3. The molecule has 6 nitrogen and oxygen atoms in total. The highest BCUT2D eigenvalue weighted by atomic mass is 32.2. The zero-order valence-electron chi connectivity index (χ0n) is 9.40. The van der Waals surface area contributed by atoms with Gasteiger partial charge in [-0.25, -0.2) is 8.42 Å². The third kappa shape index (κ3) is 2.68. The molecule has 92 valence electrons. The van der Waals surface area contributed by atoms with Gasteiger partial charge in [0.05, 0.1) is 0 Å². The maximum atomic E-state index is 11.8. The SMILES string of the molecule is CCCc1cc(NS(=O)(=O)c2cc[nH]c2)n[nH]1. The minimum atomic E-state index is -3.54. The van der Waals surface area contributed by atoms with E-state index in [4.69, 9.17) is 0 Å². The molecule has 17 heavy (non-hydrogen) atoms. The van der Waals surface area contributed by atoms with E-state index >= 15 is 0 Å². The molecule has 2 heterocycles. The summed E-state index contributed by atoms with van der Waals surface area (Å²) in [6.45, 7) is 2.05. The molecule has 2 aromatic heterocycles. The van der Waals surface area contributed by atoms with Gasteiger partial charge in [-0.05, 0) is 12.5 Å². The summed E-state index contributed by atoms with van der Waals surface area (Å²) < 4.78 is 26.1. The van der Waals surface area contributed by atoms with Gasteiger partial charge in [0.15, 0.2) is 5.82 Å². The van der Waals surface area contributed by atoms with Crippen LogP contribution < -0.4 is 4.72 Å². The quantitative estimate of drug-likeness (QED) is 0.755. The number of hydrogen-bond acceptors (Lipinski definition) is 3. The van der Waals surface area contributed by atoms with Gasteiger partial charge in [0, 0.05) is 24.2 Å². The fourth-order valence-electron chi connectivity index (χ4n) is 1.48. The van der Waals surface area contributed by atoms with Crippen LogP contribution >= 0.6 is 0 Å². The zero-order valence-corrected chi connectivity index (χ0v) is 10.2. The highest BCUT2D eigenvalue weighted by molar-refractivity contribution is 7.92. The monoisotopic (exact) mass is 254 g/mol. The van der Waals surface area contributed by atoms with Crippen LogP contribution in [0.2, 0.25) is 0 Å². The molecule has 2 rings (SSSR count). The Labute approximate surface area is 99.5 Å². The molecule has 2 aromatic rings. The first-order chi connectivity index (χ1) is 8.12. The van der Waals surface area contributed by atoms with Crippen molar-refractivity contribution in [3.63, 3.8) is 0 Å². The highest BCUT2D eigenvalue weighted by Crippen LogP contribution is 2.14. The Kier molecular flexibility index (Phi) is 3.19. The number of nitrogens with one attached hydrogen (secondary N) is 3. The third-order valence-electron chi connectivity index (χ3n) is 2.27. The summed E-state index contributed by atoms with van der Waals surface area (Å²) in [6.07, 6.45) is 4.80. The molecule has 0 radical (unpaired) electrons. The van der Waals surface area contributed by atoms with E-state index in [1.165, 1.54) is 12.3 Å². The van der Waals surface area contributed by atoms with Gasteiger partial charge in [0.1, 0.15) is 4.90 Å². The van der Waals surface area contributed by atoms with Crippen LogP contribution in [0.3, 0.4) is 0 Å². The van der Waals surface area contributed by atoms with E-state index in [1.807, 2.05) is 6.92 Å². The summed E-state index contributed by atoms with van der Waals surface area (Å²) in [4.78, 5) is 2.89. The summed E-state index contributed by atoms with van der Waals surface area (Å²) in [5, 5.41) is 6.69. The fraction of sp³-hybridized carbons (Fsp3) is 0.300. The molecule has 0 saturated heterocycles. The normalized spacial score (nSPS) is 11.6. The first-order valence-electron chi connectivity index (χ1n) is 5.31. The van der Waals surface area contributed by atoms with Gasteiger partial charge in [0.2, 0.25) is 0 Å². The summed E-state index contributed by atoms with van der Waals surface area (Å²) >= 11 is 0. The summed E-state index contributed by atoms with van der Waals surface area (Å²) in [5.74, 6) is 0.314. The Hall–Kier alpha value is -1.76. The Morgan fingerprint density at radius 2 is 2.29 bits per heavy atom. The lowest BCUT2D eigenvalue weighted by Gasteiger charge is -2.01. The molecule has 0 spiro atoms. The van der Waals surface area contributed by atoms with Gasteiger partial charge in [-0.3, -0.25) is 9.82 Å². The molecule has 0 fully saturated rings. The highest BCUT2D eigenvalue weighted by Gasteiger charge is 2.15. The van der Waals surface area contributed by atoms with Gasteiger partial charge < -0.3 is 4.98 Å². The van der Waals surface area contributed by atoms with Gasteiger partial charge >= 0.3 is 0 Å². The lowest BCUT2D eigenvalue weighted by atomic mass is 10.2. The van der Waals surface area contributed by atoms with Crippen molar-refractivity contribution in [1.29, 1.82) is 0 Å². The minimum Gasteiger partial charge on any atom is -0.366 e. The second-order valence-corrected chi connectivity index (χ2v) is 5.36. The average molecular weight is 254 g/mol. The number of H-pyrrole nitrogens is 2. The van der Waals surface area contributed by atoms with E-state index < -0.39 is 10.0 Å². The van der Waals surface area contributed by atoms with E-state index in [0.717, 1.165) is 18.5 Å². The van der Waals surface area contributed by atoms with Crippen LogP contribution in [-0.2, 0) is 16.4 Å². The largest absolute Gasteiger partial charge is 0.366 e. The smallest absolute Gasteiger partial charge is 0.264 e. The van der Waals surface area contributed by atoms with E-state index in [-0.39, 0.29) is 4.90 Å². The summed E-state index contributed by atoms with van der Waals surface area (Å²) in [5.41, 5.74) is 0.916. The van der Waals surface area contributed by atoms with E-state index in [0.29, 0.717) is 5.82 Å². The van der Waals surface area contributed by atoms with Crippen molar-refractivity contribution in [2.45, 2.75) is 24.7 Å². The van der Waals surface area contributed by atoms with Crippen molar-refractivity contribution in [2.24, 2.45) is 0 Å². The van der Waals surface area contributed by atoms with Crippen molar-refractivity contribution in [3.05, 3.63) is 30.2 Å². The number of nitrogens with zero attached hydrogens (tertiary/aromatic N) is 1. The molecular formula is C10H14N4O2S. The lowest BCUT2D eigenvalue weighted by Crippen LogP contribution is -2.12. The predicted octanol–water partition coefficient (Wildman–Crippen LogP) is 1.49. The van der Waals surface area contributed by atoms with Crippen molar-refractivity contribution in [3.8, 4) is 0 Å². The number of aromatic amines is 2. The Bertz CT molecular complexity index is 571. The van der Waals surface area contributed by atoms with Crippen LogP contribution in [0.5, 0.6) is 0 Å². The van der Waals surface area contributed by atoms with Crippen LogP contribution in [0, 0.1) is 0 Å². The van der Waals surface area contributed by atoms with Crippen LogP contribution in [0.15, 0.2) is 29.4 Å². The van der Waals surface area contributed by atoms with Gasteiger partial charge in [0.25, 0.3) is 10.0 Å². The molecule has 0 aliphatic rings. The van der Waals surface area contributed by atoms with Gasteiger partial charge in [-0.15, -0.1) is 0 Å². The van der Waals surface area contributed by atoms with Crippen LogP contribution in [0.4, 0.5) is 5.82 Å². The molecule has 0 saturated carbocycles. The van der Waals surface area contributed by atoms with E-state index in [9.17, 15) is 8.42 Å². The molecule has 0 atom stereocenters. The van der Waals surface area contributed by atoms with Crippen LogP contribution in [0.1, 0.15) is 19.0 Å². The third-order valence-corrected chi connectivity index (χ3v) is 3.62. The van der Waals surface area contributed by atoms with Crippen LogP contribution in [-0.4, -0.2) is 23.6 Å². The second-order valence-electron chi connectivity index (χ2n) is 3.68. The topological polar surface area (TPSA) is 90.6 Å². The van der Waals surface area contributed by atoms with E-state index in [2.05, 4.69) is 19.9 Å². The number of aryl methyl sites for hydroxylation is 1. The molecule has 0 aliphatic carbocycles. The molecule has 0 unspecified atom stereocenters. The van der Waals surface area contributed by atoms with Crippen molar-refractivity contribution >= 4 is 15.8 Å². The Morgan fingerprint density at radius 1 is 1.47 bits per heavy atom. The first-order valence-corrected chi connectivity index (χ1v) is 6.80. The second kappa shape index (κ2) is 4.62. The molecule has 0 amide bonds. The number of sulfonamides is 1. The number of rotatable bonds is 5. The molecule has 3 N–H and O–H groups in total. The van der Waals surface area contributed by atoms with Gasteiger partial charge in [-0.1, -0.05) is 13.3 Å². The average Bonchev–Trinajstić information content (AvgIpc) is 2.88. The lowest BCUT2D eigenvalue weighted by molar-refractivity contribution is 0.601.